The summed E-state index contributed by atoms with van der Waals surface area (Å²) in [7, 11) is -2.43. The quantitative estimate of drug-likeness (QED) is 0.322. The first kappa shape index (κ1) is 26.3. The summed E-state index contributed by atoms with van der Waals surface area (Å²) in [4.78, 5) is 18.7. The van der Waals surface area contributed by atoms with Crippen molar-refractivity contribution < 1.29 is 22.0 Å². The standard InChI is InChI=1S/C28H24F2N8O3S/c1-16-9-23-17(11-33-38(23)20-6-3-18(29)4-7-20)10-21(16)28-15-37(42(40,41)25-13-32-36(2)35-25)14-22(28)26(28)27(39)34-24-8-5-19(30)12-31-24/h3-13,22,26H,14-15H2,1-2H3,(H,31,34,39)/t22-,26+,28+/m0/s1. The molecular formula is C28H24F2N8O3S. The zero-order chi connectivity index (χ0) is 29.4. The largest absolute Gasteiger partial charge is 0.310 e. The summed E-state index contributed by atoms with van der Waals surface area (Å²) >= 11 is 0. The van der Waals surface area contributed by atoms with Gasteiger partial charge < -0.3 is 5.32 Å². The molecule has 1 N–H and O–H groups in total. The summed E-state index contributed by atoms with van der Waals surface area (Å²) in [5.74, 6) is -1.87. The van der Waals surface area contributed by atoms with E-state index >= 15 is 0 Å². The summed E-state index contributed by atoms with van der Waals surface area (Å²) in [6.45, 7) is 2.08. The summed E-state index contributed by atoms with van der Waals surface area (Å²) < 4.78 is 57.0. The molecule has 2 fully saturated rings. The van der Waals surface area contributed by atoms with Gasteiger partial charge in [0.15, 0.2) is 0 Å². The Labute approximate surface area is 238 Å². The van der Waals surface area contributed by atoms with Crippen molar-refractivity contribution in [1.82, 2.24) is 34.1 Å². The Hall–Kier alpha value is -4.56. The molecule has 0 spiro atoms. The van der Waals surface area contributed by atoms with E-state index in [9.17, 15) is 22.0 Å². The number of carbonyl (C=O) groups excluding carboxylic acids is 1. The fourth-order valence-electron chi connectivity index (χ4n) is 6.33. The number of nitrogens with one attached hydrogen (secondary N) is 1. The lowest BCUT2D eigenvalue weighted by molar-refractivity contribution is -0.118. The van der Waals surface area contributed by atoms with Crippen molar-refractivity contribution in [3.63, 3.8) is 0 Å². The Balaban J connectivity index is 1.28. The Bertz CT molecular complexity index is 1970. The SMILES string of the molecule is Cc1cc2c(cnn2-c2ccc(F)cc2)cc1[C@]12CN(S(=O)(=O)c3cnn(C)n3)C[C@H]1[C@@H]2C(=O)Nc1ccc(F)cn1. The van der Waals surface area contributed by atoms with Crippen LogP contribution in [0.25, 0.3) is 16.6 Å². The third-order valence-corrected chi connectivity index (χ3v) is 9.95. The molecule has 1 saturated heterocycles. The third kappa shape index (κ3) is 4.01. The van der Waals surface area contributed by atoms with Crippen molar-refractivity contribution in [2.45, 2.75) is 17.4 Å². The fraction of sp³-hybridized carbons (Fsp3) is 0.250. The first-order valence-corrected chi connectivity index (χ1v) is 14.6. The second-order valence-corrected chi connectivity index (χ2v) is 12.6. The lowest BCUT2D eigenvalue weighted by Gasteiger charge is -2.24. The van der Waals surface area contributed by atoms with Crippen LogP contribution >= 0.6 is 0 Å². The smallest absolute Gasteiger partial charge is 0.264 e. The second-order valence-electron chi connectivity index (χ2n) is 10.7. The van der Waals surface area contributed by atoms with Crippen LogP contribution in [-0.2, 0) is 27.3 Å². The number of fused-ring (bicyclic) bond motifs is 2. The maximum absolute atomic E-state index is 13.6. The van der Waals surface area contributed by atoms with Crippen molar-refractivity contribution in [1.29, 1.82) is 0 Å². The van der Waals surface area contributed by atoms with Crippen LogP contribution in [0.1, 0.15) is 11.1 Å². The normalized spacial score (nSPS) is 21.9. The van der Waals surface area contributed by atoms with Gasteiger partial charge in [-0.15, -0.1) is 5.10 Å². The molecular weight excluding hydrogens is 566 g/mol. The van der Waals surface area contributed by atoms with Gasteiger partial charge in [0.2, 0.25) is 10.9 Å². The van der Waals surface area contributed by atoms with E-state index in [1.807, 2.05) is 19.1 Å². The van der Waals surface area contributed by atoms with Gasteiger partial charge >= 0.3 is 0 Å². The van der Waals surface area contributed by atoms with Crippen LogP contribution in [0.4, 0.5) is 14.6 Å². The average molecular weight is 591 g/mol. The van der Waals surface area contributed by atoms with Crippen LogP contribution in [0.3, 0.4) is 0 Å². The Morgan fingerprint density at radius 3 is 2.48 bits per heavy atom. The molecule has 1 aliphatic carbocycles. The van der Waals surface area contributed by atoms with Crippen LogP contribution in [0.5, 0.6) is 0 Å². The number of sulfonamides is 1. The van der Waals surface area contributed by atoms with E-state index in [0.717, 1.165) is 28.2 Å². The van der Waals surface area contributed by atoms with Gasteiger partial charge in [-0.25, -0.2) is 26.9 Å². The number of pyridine rings is 1. The molecule has 0 bridgehead atoms. The molecule has 42 heavy (non-hydrogen) atoms. The molecule has 3 aromatic heterocycles. The molecule has 1 saturated carbocycles. The molecule has 2 aliphatic rings. The molecule has 214 valence electrons. The van der Waals surface area contributed by atoms with E-state index in [0.29, 0.717) is 5.69 Å². The van der Waals surface area contributed by atoms with Gasteiger partial charge in [-0.3, -0.25) is 4.79 Å². The first-order valence-electron chi connectivity index (χ1n) is 13.1. The number of hydrogen-bond acceptors (Lipinski definition) is 7. The lowest BCUT2D eigenvalue weighted by Crippen LogP contribution is -2.37. The zero-order valence-electron chi connectivity index (χ0n) is 22.4. The maximum atomic E-state index is 13.6. The van der Waals surface area contributed by atoms with Crippen LogP contribution < -0.4 is 5.32 Å². The van der Waals surface area contributed by atoms with Crippen LogP contribution in [-0.4, -0.2) is 61.5 Å². The van der Waals surface area contributed by atoms with E-state index in [1.54, 1.807) is 23.0 Å². The van der Waals surface area contributed by atoms with Gasteiger partial charge in [-0.2, -0.15) is 19.3 Å². The van der Waals surface area contributed by atoms with Gasteiger partial charge in [-0.1, -0.05) is 0 Å². The second kappa shape index (κ2) is 9.22. The molecule has 1 amide bonds. The van der Waals surface area contributed by atoms with E-state index < -0.39 is 27.2 Å². The number of anilines is 1. The molecule has 2 aromatic carbocycles. The number of piperidine rings is 1. The highest BCUT2D eigenvalue weighted by Gasteiger charge is 2.74. The molecule has 14 heteroatoms. The van der Waals surface area contributed by atoms with Gasteiger partial charge in [-0.05, 0) is 72.5 Å². The predicted molar refractivity (Wildman–Crippen MR) is 147 cm³/mol. The molecule has 5 aromatic rings. The number of halogens is 2. The summed E-state index contributed by atoms with van der Waals surface area (Å²) in [5, 5.41) is 15.8. The minimum absolute atomic E-state index is 0.0595. The molecule has 0 unspecified atom stereocenters. The van der Waals surface area contributed by atoms with Crippen molar-refractivity contribution in [2.75, 3.05) is 18.4 Å². The summed E-state index contributed by atoms with van der Waals surface area (Å²) in [6.07, 6.45) is 3.92. The van der Waals surface area contributed by atoms with Crippen molar-refractivity contribution >= 4 is 32.7 Å². The Kier molecular flexibility index (Phi) is 5.79. The molecule has 0 radical (unpaired) electrons. The van der Waals surface area contributed by atoms with Gasteiger partial charge in [0.1, 0.15) is 17.5 Å². The Morgan fingerprint density at radius 2 is 1.79 bits per heavy atom. The van der Waals surface area contributed by atoms with Crippen molar-refractivity contribution in [3.8, 4) is 5.69 Å². The third-order valence-electron chi connectivity index (χ3n) is 8.28. The van der Waals surface area contributed by atoms with Crippen LogP contribution in [0, 0.1) is 30.4 Å². The number of rotatable bonds is 6. The van der Waals surface area contributed by atoms with E-state index in [-0.39, 0.29) is 41.6 Å². The van der Waals surface area contributed by atoms with Gasteiger partial charge in [0.25, 0.3) is 10.0 Å². The van der Waals surface area contributed by atoms with Gasteiger partial charge in [0.05, 0.1) is 35.7 Å². The molecule has 4 heterocycles. The number of benzene rings is 2. The number of aromatic nitrogens is 6. The van der Waals surface area contributed by atoms with Crippen molar-refractivity contribution in [3.05, 3.63) is 89.9 Å². The fourth-order valence-corrected chi connectivity index (χ4v) is 7.74. The van der Waals surface area contributed by atoms with Crippen molar-refractivity contribution in [2.24, 2.45) is 18.9 Å². The minimum Gasteiger partial charge on any atom is -0.310 e. The van der Waals surface area contributed by atoms with E-state index in [2.05, 4.69) is 25.6 Å². The summed E-state index contributed by atoms with van der Waals surface area (Å²) in [6, 6.07) is 12.5. The minimum atomic E-state index is -3.96. The molecule has 7 rings (SSSR count). The summed E-state index contributed by atoms with van der Waals surface area (Å²) in [5.41, 5.74) is 2.34. The van der Waals surface area contributed by atoms with Gasteiger partial charge in [0, 0.05) is 30.9 Å². The molecule has 3 atom stereocenters. The van der Waals surface area contributed by atoms with Crippen LogP contribution in [0.2, 0.25) is 0 Å². The van der Waals surface area contributed by atoms with E-state index in [4.69, 9.17) is 0 Å². The maximum Gasteiger partial charge on any atom is 0.264 e. The number of aryl methyl sites for hydroxylation is 2. The van der Waals surface area contributed by atoms with Crippen LogP contribution in [0.15, 0.2) is 72.1 Å². The Morgan fingerprint density at radius 1 is 1.02 bits per heavy atom. The monoisotopic (exact) mass is 590 g/mol. The lowest BCUT2D eigenvalue weighted by atomic mass is 9.88. The number of amides is 1. The topological polar surface area (TPSA) is 128 Å². The molecule has 11 nitrogen and oxygen atoms in total. The average Bonchev–Trinajstić information content (AvgIpc) is 3.38. The number of carbonyl (C=O) groups is 1. The molecule has 1 aliphatic heterocycles. The highest BCUT2D eigenvalue weighted by Crippen LogP contribution is 2.65. The number of hydrogen-bond donors (Lipinski definition) is 1. The van der Waals surface area contributed by atoms with E-state index in [1.165, 1.54) is 46.6 Å². The first-order chi connectivity index (χ1) is 20.1. The highest BCUT2D eigenvalue weighted by atomic mass is 32.2. The highest BCUT2D eigenvalue weighted by molar-refractivity contribution is 7.89. The number of nitrogens with zero attached hydrogens (tertiary/aromatic N) is 7. The zero-order valence-corrected chi connectivity index (χ0v) is 23.3. The predicted octanol–water partition coefficient (Wildman–Crippen LogP) is 2.96.